The second kappa shape index (κ2) is 4.90. The van der Waals surface area contributed by atoms with Gasteiger partial charge in [0, 0.05) is 31.9 Å². The summed E-state index contributed by atoms with van der Waals surface area (Å²) in [6.07, 6.45) is 1.48. The van der Waals surface area contributed by atoms with Gasteiger partial charge in [-0.2, -0.15) is 0 Å². The van der Waals surface area contributed by atoms with E-state index < -0.39 is 0 Å². The number of rotatable bonds is 1. The first-order valence-corrected chi connectivity index (χ1v) is 4.63. The van der Waals surface area contributed by atoms with Gasteiger partial charge in [-0.05, 0) is 23.6 Å². The molecular formula is C11H13ClN2O2. The Labute approximate surface area is 99.6 Å². The van der Waals surface area contributed by atoms with Crippen LogP contribution in [0.1, 0.15) is 0 Å². The summed E-state index contributed by atoms with van der Waals surface area (Å²) in [7, 11) is 3.30. The molecule has 0 saturated heterocycles. The van der Waals surface area contributed by atoms with Gasteiger partial charge in [0.1, 0.15) is 5.75 Å². The minimum atomic E-state index is -0.374. The van der Waals surface area contributed by atoms with Crippen LogP contribution in [0, 0.1) is 0 Å². The minimum Gasteiger partial charge on any atom is -0.410 e. The molecule has 0 aliphatic carbocycles. The van der Waals surface area contributed by atoms with E-state index in [2.05, 4.69) is 4.98 Å². The average Bonchev–Trinajstić information content (AvgIpc) is 2.64. The maximum absolute atomic E-state index is 11.3. The highest BCUT2D eigenvalue weighted by Gasteiger charge is 2.06. The zero-order chi connectivity index (χ0) is 10.8. The summed E-state index contributed by atoms with van der Waals surface area (Å²) in [5, 5.41) is 1.10. The van der Waals surface area contributed by atoms with E-state index in [0.717, 1.165) is 10.9 Å². The highest BCUT2D eigenvalue weighted by Crippen LogP contribution is 2.19. The van der Waals surface area contributed by atoms with E-state index in [1.807, 2.05) is 18.3 Å². The van der Waals surface area contributed by atoms with E-state index in [-0.39, 0.29) is 18.5 Å². The Morgan fingerprint density at radius 2 is 2.06 bits per heavy atom. The Morgan fingerprint density at radius 1 is 1.31 bits per heavy atom. The fraction of sp³-hybridized carbons (Fsp3) is 0.182. The van der Waals surface area contributed by atoms with E-state index in [0.29, 0.717) is 5.75 Å². The van der Waals surface area contributed by atoms with Crippen molar-refractivity contribution < 1.29 is 9.53 Å². The third-order valence-electron chi connectivity index (χ3n) is 2.10. The molecule has 0 aliphatic heterocycles. The molecule has 1 N–H and O–H groups in total. The van der Waals surface area contributed by atoms with Crippen molar-refractivity contribution in [3.63, 3.8) is 0 Å². The number of ether oxygens (including phenoxy) is 1. The number of nitrogens with one attached hydrogen (secondary N) is 1. The van der Waals surface area contributed by atoms with E-state index in [4.69, 9.17) is 4.74 Å². The second-order valence-corrected chi connectivity index (χ2v) is 3.49. The lowest BCUT2D eigenvalue weighted by Crippen LogP contribution is -2.25. The molecule has 0 radical (unpaired) electrons. The molecule has 0 unspecified atom stereocenters. The van der Waals surface area contributed by atoms with Crippen molar-refractivity contribution in [1.82, 2.24) is 9.88 Å². The van der Waals surface area contributed by atoms with Gasteiger partial charge < -0.3 is 14.6 Å². The summed E-state index contributed by atoms with van der Waals surface area (Å²) in [5.74, 6) is 0.545. The van der Waals surface area contributed by atoms with Gasteiger partial charge in [-0.15, -0.1) is 12.4 Å². The first-order valence-electron chi connectivity index (χ1n) is 4.63. The van der Waals surface area contributed by atoms with E-state index in [9.17, 15) is 4.79 Å². The highest BCUT2D eigenvalue weighted by molar-refractivity contribution is 5.85. The fourth-order valence-electron chi connectivity index (χ4n) is 1.28. The zero-order valence-corrected chi connectivity index (χ0v) is 9.88. The number of carbonyl (C=O) groups excluding carboxylic acids is 1. The van der Waals surface area contributed by atoms with Crippen molar-refractivity contribution in [1.29, 1.82) is 0 Å². The number of nitrogens with zero attached hydrogens (tertiary/aromatic N) is 1. The van der Waals surface area contributed by atoms with Gasteiger partial charge in [0.05, 0.1) is 0 Å². The van der Waals surface area contributed by atoms with Crippen LogP contribution in [0.5, 0.6) is 5.75 Å². The van der Waals surface area contributed by atoms with Crippen molar-refractivity contribution in [2.24, 2.45) is 0 Å². The second-order valence-electron chi connectivity index (χ2n) is 3.49. The third-order valence-corrected chi connectivity index (χ3v) is 2.10. The van der Waals surface area contributed by atoms with Crippen LogP contribution in [0.4, 0.5) is 4.79 Å². The van der Waals surface area contributed by atoms with Gasteiger partial charge in [-0.3, -0.25) is 0 Å². The topological polar surface area (TPSA) is 45.3 Å². The number of aromatic amines is 1. The van der Waals surface area contributed by atoms with Gasteiger partial charge in [0.15, 0.2) is 0 Å². The first kappa shape index (κ1) is 12.4. The van der Waals surface area contributed by atoms with Gasteiger partial charge in [0.25, 0.3) is 0 Å². The number of H-pyrrole nitrogens is 1. The third kappa shape index (κ3) is 2.46. The smallest absolute Gasteiger partial charge is 0.410 e. The summed E-state index contributed by atoms with van der Waals surface area (Å²) in [6.45, 7) is 0. The largest absolute Gasteiger partial charge is 0.414 e. The van der Waals surface area contributed by atoms with E-state index >= 15 is 0 Å². The molecule has 1 aromatic carbocycles. The van der Waals surface area contributed by atoms with Gasteiger partial charge in [0.2, 0.25) is 0 Å². The Hall–Kier alpha value is -1.68. The molecular weight excluding hydrogens is 228 g/mol. The van der Waals surface area contributed by atoms with Crippen LogP contribution in [-0.2, 0) is 0 Å². The normalized spacial score (nSPS) is 9.62. The van der Waals surface area contributed by atoms with Crippen molar-refractivity contribution in [2.45, 2.75) is 0 Å². The highest BCUT2D eigenvalue weighted by atomic mass is 35.5. The average molecular weight is 241 g/mol. The lowest BCUT2D eigenvalue weighted by atomic mass is 10.2. The lowest BCUT2D eigenvalue weighted by Gasteiger charge is -2.10. The fourth-order valence-corrected chi connectivity index (χ4v) is 1.28. The van der Waals surface area contributed by atoms with Crippen LogP contribution in [0.3, 0.4) is 0 Å². The maximum Gasteiger partial charge on any atom is 0.414 e. The molecule has 0 atom stereocenters. The maximum atomic E-state index is 11.3. The minimum absolute atomic E-state index is 0. The van der Waals surface area contributed by atoms with Crippen molar-refractivity contribution >= 4 is 29.4 Å². The summed E-state index contributed by atoms with van der Waals surface area (Å²) in [5.41, 5.74) is 0.957. The number of fused-ring (bicyclic) bond motifs is 1. The molecule has 2 aromatic rings. The van der Waals surface area contributed by atoms with Gasteiger partial charge in [-0.1, -0.05) is 0 Å². The molecule has 5 heteroatoms. The number of benzene rings is 1. The summed E-state index contributed by atoms with van der Waals surface area (Å²) < 4.78 is 5.12. The summed E-state index contributed by atoms with van der Waals surface area (Å²) in [6, 6.07) is 7.45. The number of halogens is 1. The van der Waals surface area contributed by atoms with Crippen LogP contribution in [0.25, 0.3) is 10.9 Å². The van der Waals surface area contributed by atoms with Gasteiger partial charge in [-0.25, -0.2) is 4.79 Å². The Kier molecular flexibility index (Phi) is 3.79. The SMILES string of the molecule is CN(C)C(=O)Oc1ccc2cc[nH]c2c1.Cl. The summed E-state index contributed by atoms with van der Waals surface area (Å²) >= 11 is 0. The van der Waals surface area contributed by atoms with Crippen molar-refractivity contribution in [3.05, 3.63) is 30.5 Å². The number of aromatic nitrogens is 1. The van der Waals surface area contributed by atoms with Crippen LogP contribution in [-0.4, -0.2) is 30.1 Å². The molecule has 0 aliphatic rings. The standard InChI is InChI=1S/C11H12N2O2.ClH/c1-13(2)11(14)15-9-4-3-8-5-6-12-10(8)7-9;/h3-7,12H,1-2H3;1H. The Bertz CT molecular complexity index is 493. The van der Waals surface area contributed by atoms with Crippen LogP contribution in [0.2, 0.25) is 0 Å². The van der Waals surface area contributed by atoms with E-state index in [1.54, 1.807) is 26.2 Å². The van der Waals surface area contributed by atoms with Gasteiger partial charge >= 0.3 is 6.09 Å². The number of hydrogen-bond acceptors (Lipinski definition) is 2. The molecule has 1 amide bonds. The molecule has 0 bridgehead atoms. The molecule has 4 nitrogen and oxygen atoms in total. The van der Waals surface area contributed by atoms with Crippen LogP contribution >= 0.6 is 12.4 Å². The molecule has 86 valence electrons. The Balaban J connectivity index is 0.00000128. The number of amides is 1. The predicted molar refractivity (Wildman–Crippen MR) is 65.3 cm³/mol. The van der Waals surface area contributed by atoms with E-state index in [1.165, 1.54) is 4.90 Å². The lowest BCUT2D eigenvalue weighted by molar-refractivity contribution is 0.172. The number of carbonyl (C=O) groups is 1. The monoisotopic (exact) mass is 240 g/mol. The van der Waals surface area contributed by atoms with Crippen molar-refractivity contribution in [2.75, 3.05) is 14.1 Å². The molecule has 1 heterocycles. The molecule has 0 saturated carbocycles. The zero-order valence-electron chi connectivity index (χ0n) is 9.06. The first-order chi connectivity index (χ1) is 7.16. The Morgan fingerprint density at radius 3 is 2.75 bits per heavy atom. The van der Waals surface area contributed by atoms with Crippen LogP contribution < -0.4 is 4.74 Å². The number of hydrogen-bond donors (Lipinski definition) is 1. The molecule has 2 rings (SSSR count). The van der Waals surface area contributed by atoms with Crippen molar-refractivity contribution in [3.8, 4) is 5.75 Å². The predicted octanol–water partition coefficient (Wildman–Crippen LogP) is 2.65. The molecule has 0 spiro atoms. The quantitative estimate of drug-likeness (QED) is 0.833. The summed E-state index contributed by atoms with van der Waals surface area (Å²) in [4.78, 5) is 15.7. The molecule has 1 aromatic heterocycles. The van der Waals surface area contributed by atoms with Crippen LogP contribution in [0.15, 0.2) is 30.5 Å². The molecule has 16 heavy (non-hydrogen) atoms. The molecule has 0 fully saturated rings.